The van der Waals surface area contributed by atoms with Crippen LogP contribution in [-0.4, -0.2) is 45.4 Å². The fraction of sp³-hybridized carbons (Fsp3) is 0.368. The zero-order valence-electron chi connectivity index (χ0n) is 15.6. The summed E-state index contributed by atoms with van der Waals surface area (Å²) < 4.78 is 14.2. The molecule has 7 nitrogen and oxygen atoms in total. The summed E-state index contributed by atoms with van der Waals surface area (Å²) in [7, 11) is 0. The summed E-state index contributed by atoms with van der Waals surface area (Å²) in [6.07, 6.45) is 2.75. The zero-order chi connectivity index (χ0) is 19.8. The van der Waals surface area contributed by atoms with E-state index < -0.39 is 5.82 Å². The molecule has 0 aromatic carbocycles. The number of aromatic nitrogens is 3. The number of hydrogen-bond acceptors (Lipinski definition) is 7. The van der Waals surface area contributed by atoms with Crippen molar-refractivity contribution < 1.29 is 9.18 Å². The predicted octanol–water partition coefficient (Wildman–Crippen LogP) is 2.74. The summed E-state index contributed by atoms with van der Waals surface area (Å²) in [5.41, 5.74) is 7.46. The van der Waals surface area contributed by atoms with Crippen molar-refractivity contribution in [3.63, 3.8) is 0 Å². The van der Waals surface area contributed by atoms with Crippen molar-refractivity contribution in [2.75, 3.05) is 25.0 Å². The Bertz CT molecular complexity index is 1030. The molecule has 146 valence electrons. The van der Waals surface area contributed by atoms with Gasteiger partial charge < -0.3 is 16.0 Å². The first-order chi connectivity index (χ1) is 13.4. The molecule has 0 radical (unpaired) electrons. The first kappa shape index (κ1) is 18.7. The Hall–Kier alpha value is -2.65. The molecule has 0 aliphatic carbocycles. The van der Waals surface area contributed by atoms with Gasteiger partial charge in [0.2, 0.25) is 5.95 Å². The molecule has 1 aliphatic heterocycles. The molecule has 1 amide bonds. The van der Waals surface area contributed by atoms with Gasteiger partial charge in [0.15, 0.2) is 5.69 Å². The first-order valence-corrected chi connectivity index (χ1v) is 9.90. The van der Waals surface area contributed by atoms with Gasteiger partial charge in [0.25, 0.3) is 5.91 Å². The van der Waals surface area contributed by atoms with Crippen LogP contribution in [0.4, 0.5) is 10.3 Å². The Morgan fingerprint density at radius 1 is 1.39 bits per heavy atom. The van der Waals surface area contributed by atoms with Crippen LogP contribution in [0.25, 0.3) is 10.2 Å². The molecule has 0 saturated carbocycles. The lowest BCUT2D eigenvalue weighted by molar-refractivity contribution is 0.0512. The second-order valence-corrected chi connectivity index (χ2v) is 8.34. The summed E-state index contributed by atoms with van der Waals surface area (Å²) in [6.45, 7) is 5.72. The monoisotopic (exact) mass is 400 g/mol. The average molecular weight is 400 g/mol. The highest BCUT2D eigenvalue weighted by molar-refractivity contribution is 7.19. The number of halogens is 1. The number of amides is 1. The number of fused-ring (bicyclic) bond motifs is 1. The van der Waals surface area contributed by atoms with Crippen LogP contribution in [0.15, 0.2) is 24.5 Å². The number of carbonyl (C=O) groups is 1. The number of nitrogens with zero attached hydrogens (tertiary/aromatic N) is 4. The maximum atomic E-state index is 13.5. The summed E-state index contributed by atoms with van der Waals surface area (Å²) in [6, 6.07) is 3.09. The Balaban J connectivity index is 1.65. The Morgan fingerprint density at radius 2 is 2.18 bits per heavy atom. The van der Waals surface area contributed by atoms with Gasteiger partial charge in [-0.3, -0.25) is 9.78 Å². The molecule has 3 aromatic rings. The van der Waals surface area contributed by atoms with E-state index in [4.69, 9.17) is 5.73 Å². The smallest absolute Gasteiger partial charge is 0.274 e. The molecule has 1 atom stereocenters. The number of thiophene rings is 1. The maximum Gasteiger partial charge on any atom is 0.274 e. The number of nitrogens with two attached hydrogens (primary N) is 1. The molecule has 1 fully saturated rings. The molecule has 28 heavy (non-hydrogen) atoms. The van der Waals surface area contributed by atoms with Crippen molar-refractivity contribution in [3.05, 3.63) is 46.5 Å². The third kappa shape index (κ3) is 3.55. The molecular formula is C19H21FN6OS. The standard InChI is InChI=1S/C19H21FN6OS/c1-10-3-15-17(28-10)16(18(27)26-8-12(5-21)9-26)25-19(24-15)23-11(2)13-4-14(20)7-22-6-13/h3-4,6-7,11-12H,5,8-9,21H2,1-2H3,(H,23,24,25)/t11-/m0/s1. The van der Waals surface area contributed by atoms with Crippen LogP contribution >= 0.6 is 11.3 Å². The fourth-order valence-electron chi connectivity index (χ4n) is 3.24. The maximum absolute atomic E-state index is 13.5. The van der Waals surface area contributed by atoms with Gasteiger partial charge in [-0.05, 0) is 38.1 Å². The van der Waals surface area contributed by atoms with E-state index in [1.54, 1.807) is 11.1 Å². The summed E-state index contributed by atoms with van der Waals surface area (Å²) in [4.78, 5) is 28.7. The summed E-state index contributed by atoms with van der Waals surface area (Å²) >= 11 is 1.51. The summed E-state index contributed by atoms with van der Waals surface area (Å²) in [5, 5.41) is 3.16. The lowest BCUT2D eigenvalue weighted by Crippen LogP contribution is -2.52. The minimum absolute atomic E-state index is 0.109. The van der Waals surface area contributed by atoms with Gasteiger partial charge in [0.05, 0.1) is 22.5 Å². The number of likely N-dealkylation sites (tertiary alicyclic amines) is 1. The Morgan fingerprint density at radius 3 is 2.89 bits per heavy atom. The van der Waals surface area contributed by atoms with Crippen molar-refractivity contribution in [2.24, 2.45) is 11.7 Å². The number of hydrogen-bond donors (Lipinski definition) is 2. The van der Waals surface area contributed by atoms with E-state index in [0.717, 1.165) is 21.3 Å². The van der Waals surface area contributed by atoms with Crippen molar-refractivity contribution in [1.29, 1.82) is 0 Å². The number of anilines is 1. The quantitative estimate of drug-likeness (QED) is 0.684. The lowest BCUT2D eigenvalue weighted by atomic mass is 10.00. The van der Waals surface area contributed by atoms with Crippen molar-refractivity contribution in [1.82, 2.24) is 19.9 Å². The van der Waals surface area contributed by atoms with E-state index in [-0.39, 0.29) is 11.9 Å². The molecular weight excluding hydrogens is 379 g/mol. The first-order valence-electron chi connectivity index (χ1n) is 9.09. The van der Waals surface area contributed by atoms with Crippen LogP contribution in [0.5, 0.6) is 0 Å². The molecule has 0 bridgehead atoms. The molecule has 4 heterocycles. The van der Waals surface area contributed by atoms with Gasteiger partial charge in [-0.15, -0.1) is 11.3 Å². The van der Waals surface area contributed by atoms with Crippen LogP contribution in [0.3, 0.4) is 0 Å². The summed E-state index contributed by atoms with van der Waals surface area (Å²) in [5.74, 6) is 0.173. The number of pyridine rings is 1. The molecule has 3 aromatic heterocycles. The second-order valence-electron chi connectivity index (χ2n) is 7.08. The number of carbonyl (C=O) groups excluding carboxylic acids is 1. The fourth-order valence-corrected chi connectivity index (χ4v) is 4.17. The molecule has 9 heteroatoms. The molecule has 1 saturated heterocycles. The highest BCUT2D eigenvalue weighted by Crippen LogP contribution is 2.30. The lowest BCUT2D eigenvalue weighted by Gasteiger charge is -2.38. The molecule has 1 aliphatic rings. The molecule has 0 spiro atoms. The van der Waals surface area contributed by atoms with Crippen LogP contribution in [0.2, 0.25) is 0 Å². The highest BCUT2D eigenvalue weighted by atomic mass is 32.1. The zero-order valence-corrected chi connectivity index (χ0v) is 16.5. The normalized spacial score (nSPS) is 15.5. The number of nitrogens with one attached hydrogen (secondary N) is 1. The van der Waals surface area contributed by atoms with Crippen LogP contribution < -0.4 is 11.1 Å². The largest absolute Gasteiger partial charge is 0.348 e. The Labute approximate surface area is 165 Å². The predicted molar refractivity (Wildman–Crippen MR) is 107 cm³/mol. The van der Waals surface area contributed by atoms with E-state index in [2.05, 4.69) is 20.3 Å². The van der Waals surface area contributed by atoms with E-state index >= 15 is 0 Å². The SMILES string of the molecule is Cc1cc2nc(N[C@@H](C)c3cncc(F)c3)nc(C(=O)N3CC(CN)C3)c2s1. The van der Waals surface area contributed by atoms with E-state index in [9.17, 15) is 9.18 Å². The van der Waals surface area contributed by atoms with E-state index in [0.29, 0.717) is 42.8 Å². The van der Waals surface area contributed by atoms with Gasteiger partial charge in [-0.1, -0.05) is 0 Å². The Kier molecular flexibility index (Phi) is 4.94. The van der Waals surface area contributed by atoms with Gasteiger partial charge in [-0.2, -0.15) is 0 Å². The minimum Gasteiger partial charge on any atom is -0.348 e. The number of aryl methyl sites for hydroxylation is 1. The van der Waals surface area contributed by atoms with Gasteiger partial charge in [-0.25, -0.2) is 14.4 Å². The third-order valence-electron chi connectivity index (χ3n) is 4.85. The third-order valence-corrected chi connectivity index (χ3v) is 5.89. The number of rotatable bonds is 5. The topological polar surface area (TPSA) is 97.0 Å². The van der Waals surface area contributed by atoms with Crippen molar-refractivity contribution in [3.8, 4) is 0 Å². The van der Waals surface area contributed by atoms with E-state index in [1.165, 1.54) is 17.4 Å². The van der Waals surface area contributed by atoms with E-state index in [1.807, 2.05) is 19.9 Å². The minimum atomic E-state index is -0.404. The second kappa shape index (κ2) is 7.40. The highest BCUT2D eigenvalue weighted by Gasteiger charge is 2.32. The van der Waals surface area contributed by atoms with Gasteiger partial charge >= 0.3 is 0 Å². The molecule has 4 rings (SSSR count). The molecule has 3 N–H and O–H groups in total. The van der Waals surface area contributed by atoms with Crippen LogP contribution in [0, 0.1) is 18.7 Å². The van der Waals surface area contributed by atoms with Crippen molar-refractivity contribution in [2.45, 2.75) is 19.9 Å². The van der Waals surface area contributed by atoms with Gasteiger partial charge in [0.1, 0.15) is 5.82 Å². The molecule has 0 unspecified atom stereocenters. The van der Waals surface area contributed by atoms with Gasteiger partial charge in [0, 0.05) is 30.1 Å². The van der Waals surface area contributed by atoms with Crippen molar-refractivity contribution >= 4 is 33.4 Å². The average Bonchev–Trinajstić information content (AvgIpc) is 3.00. The van der Waals surface area contributed by atoms with Crippen LogP contribution in [-0.2, 0) is 0 Å². The van der Waals surface area contributed by atoms with Crippen LogP contribution in [0.1, 0.15) is 33.9 Å².